The summed E-state index contributed by atoms with van der Waals surface area (Å²) in [5.74, 6) is -0.523. The van der Waals surface area contributed by atoms with Gasteiger partial charge in [-0.15, -0.1) is 0 Å². The van der Waals surface area contributed by atoms with Crippen molar-refractivity contribution in [2.75, 3.05) is 24.1 Å². The smallest absolute Gasteiger partial charge is 0.270 e. The fourth-order valence-electron chi connectivity index (χ4n) is 3.83. The third kappa shape index (κ3) is 6.36. The van der Waals surface area contributed by atoms with Gasteiger partial charge in [-0.05, 0) is 48.1 Å². The number of hydrogen-bond acceptors (Lipinski definition) is 8. The van der Waals surface area contributed by atoms with E-state index in [9.17, 15) is 23.1 Å². The number of aromatic nitrogens is 3. The van der Waals surface area contributed by atoms with Crippen molar-refractivity contribution in [1.29, 1.82) is 0 Å². The predicted octanol–water partition coefficient (Wildman–Crippen LogP) is 2.30. The topological polar surface area (TPSA) is 155 Å². The van der Waals surface area contributed by atoms with Gasteiger partial charge < -0.3 is 15.7 Å². The van der Waals surface area contributed by atoms with Crippen molar-refractivity contribution in [3.05, 3.63) is 70.3 Å². The number of anilines is 1. The summed E-state index contributed by atoms with van der Waals surface area (Å²) in [6.45, 7) is 1.99. The van der Waals surface area contributed by atoms with Gasteiger partial charge in [-0.3, -0.25) is 18.7 Å². The molecule has 0 saturated heterocycles. The van der Waals surface area contributed by atoms with Crippen LogP contribution < -0.4 is 15.4 Å². The van der Waals surface area contributed by atoms with Gasteiger partial charge in [0.2, 0.25) is 10.0 Å². The first-order chi connectivity index (χ1) is 18.2. The average molecular weight is 557 g/mol. The lowest BCUT2D eigenvalue weighted by atomic mass is 10.1. The second-order valence-corrected chi connectivity index (χ2v) is 11.2. The second-order valence-electron chi connectivity index (χ2n) is 8.63. The molecular weight excluding hydrogens is 528 g/mol. The summed E-state index contributed by atoms with van der Waals surface area (Å²) >= 11 is 1.47. The maximum atomic E-state index is 13.3. The molecule has 0 unspecified atom stereocenters. The Labute approximate surface area is 224 Å². The highest BCUT2D eigenvalue weighted by molar-refractivity contribution is 7.92. The van der Waals surface area contributed by atoms with Gasteiger partial charge in [0.1, 0.15) is 17.2 Å². The van der Waals surface area contributed by atoms with Crippen molar-refractivity contribution in [2.24, 2.45) is 0 Å². The van der Waals surface area contributed by atoms with Crippen molar-refractivity contribution in [1.82, 2.24) is 25.0 Å². The van der Waals surface area contributed by atoms with E-state index in [0.717, 1.165) is 17.4 Å². The number of hydrogen-bond donors (Lipinski definition) is 4. The molecule has 13 heteroatoms. The summed E-state index contributed by atoms with van der Waals surface area (Å²) in [5.41, 5.74) is 2.96. The number of nitrogens with one attached hydrogen (secondary N) is 3. The van der Waals surface area contributed by atoms with Crippen molar-refractivity contribution in [3.63, 3.8) is 0 Å². The molecule has 4 aromatic rings. The number of sulfonamides is 1. The summed E-state index contributed by atoms with van der Waals surface area (Å²) in [5, 5.41) is 19.0. The van der Waals surface area contributed by atoms with Crippen LogP contribution in [0.2, 0.25) is 0 Å². The number of carbonyl (C=O) groups is 2. The zero-order valence-electron chi connectivity index (χ0n) is 20.8. The van der Waals surface area contributed by atoms with E-state index in [4.69, 9.17) is 0 Å². The predicted molar refractivity (Wildman–Crippen MR) is 146 cm³/mol. The van der Waals surface area contributed by atoms with Gasteiger partial charge in [0.25, 0.3) is 11.8 Å². The first-order valence-corrected chi connectivity index (χ1v) is 14.7. The van der Waals surface area contributed by atoms with Gasteiger partial charge in [0.15, 0.2) is 5.65 Å². The average Bonchev–Trinajstić information content (AvgIpc) is 3.55. The van der Waals surface area contributed by atoms with Gasteiger partial charge in [-0.1, -0.05) is 13.0 Å². The molecule has 0 saturated carbocycles. The molecule has 0 aliphatic rings. The largest absolute Gasteiger partial charge is 0.394 e. The third-order valence-electron chi connectivity index (χ3n) is 5.77. The van der Waals surface area contributed by atoms with Crippen molar-refractivity contribution in [2.45, 2.75) is 25.8 Å². The molecule has 38 heavy (non-hydrogen) atoms. The van der Waals surface area contributed by atoms with Crippen molar-refractivity contribution < 1.29 is 23.1 Å². The highest BCUT2D eigenvalue weighted by Gasteiger charge is 2.25. The minimum Gasteiger partial charge on any atom is -0.394 e. The number of rotatable bonds is 11. The number of thiophene rings is 1. The Hall–Kier alpha value is -3.81. The molecule has 0 aromatic carbocycles. The highest BCUT2D eigenvalue weighted by Crippen LogP contribution is 2.28. The van der Waals surface area contributed by atoms with Crippen LogP contribution in [0.25, 0.3) is 16.9 Å². The summed E-state index contributed by atoms with van der Waals surface area (Å²) in [6, 6.07) is 8.07. The van der Waals surface area contributed by atoms with Crippen LogP contribution in [0.1, 0.15) is 39.8 Å². The van der Waals surface area contributed by atoms with Crippen LogP contribution >= 0.6 is 11.3 Å². The zero-order chi connectivity index (χ0) is 27.3. The number of aliphatic hydroxyl groups excluding tert-OH is 1. The monoisotopic (exact) mass is 556 g/mol. The molecule has 0 bridgehead atoms. The first-order valence-electron chi connectivity index (χ1n) is 11.9. The van der Waals surface area contributed by atoms with Crippen LogP contribution in [-0.2, 0) is 16.4 Å². The van der Waals surface area contributed by atoms with Crippen LogP contribution in [0.15, 0.2) is 53.5 Å². The van der Waals surface area contributed by atoms with Gasteiger partial charge in [-0.2, -0.15) is 11.3 Å². The first kappa shape index (κ1) is 27.2. The van der Waals surface area contributed by atoms with E-state index in [0.29, 0.717) is 36.3 Å². The number of imidazole rings is 1. The Morgan fingerprint density at radius 1 is 1.18 bits per heavy atom. The van der Waals surface area contributed by atoms with Gasteiger partial charge in [-0.25, -0.2) is 18.4 Å². The standard InChI is InChI=1S/C25H28N6O5S2/c1-3-18(14-32)28-25(34)22-21(17-9-12-37-15-17)29-23-19(5-4-11-31(22)23)24(33)26-10-8-16-6-7-20(27-13-16)30-38(2,35)36/h4-7,9,11-13,15,18,32H,3,8,10,14H2,1-2H3,(H,26,33)(H,27,30)(H,28,34)/t18-/m0/s1. The number of fused-ring (bicyclic) bond motifs is 1. The van der Waals surface area contributed by atoms with Crippen LogP contribution in [-0.4, -0.2) is 65.2 Å². The number of aliphatic hydroxyl groups is 1. The molecule has 11 nitrogen and oxygen atoms in total. The molecular formula is C25H28N6O5S2. The highest BCUT2D eigenvalue weighted by atomic mass is 32.2. The molecule has 200 valence electrons. The molecule has 2 amide bonds. The van der Waals surface area contributed by atoms with Crippen LogP contribution in [0, 0.1) is 0 Å². The lowest BCUT2D eigenvalue weighted by Crippen LogP contribution is -2.37. The minimum atomic E-state index is -3.41. The van der Waals surface area contributed by atoms with E-state index >= 15 is 0 Å². The molecule has 0 aliphatic carbocycles. The van der Waals surface area contributed by atoms with Gasteiger partial charge >= 0.3 is 0 Å². The molecule has 1 atom stereocenters. The number of pyridine rings is 2. The molecule has 4 rings (SSSR count). The molecule has 0 fully saturated rings. The van der Waals surface area contributed by atoms with E-state index in [1.807, 2.05) is 23.8 Å². The molecule has 0 radical (unpaired) electrons. The van der Waals surface area contributed by atoms with Gasteiger partial charge in [0, 0.05) is 29.9 Å². The molecule has 0 aliphatic heterocycles. The summed E-state index contributed by atoms with van der Waals surface area (Å²) in [4.78, 5) is 35.1. The lowest BCUT2D eigenvalue weighted by molar-refractivity contribution is 0.0907. The van der Waals surface area contributed by atoms with E-state index in [1.54, 1.807) is 41.1 Å². The Morgan fingerprint density at radius 2 is 2.00 bits per heavy atom. The quantitative estimate of drug-likeness (QED) is 0.221. The van der Waals surface area contributed by atoms with Crippen molar-refractivity contribution in [3.8, 4) is 11.3 Å². The second kappa shape index (κ2) is 11.7. The Morgan fingerprint density at radius 3 is 2.63 bits per heavy atom. The van der Waals surface area contributed by atoms with E-state index < -0.39 is 22.0 Å². The molecule has 4 heterocycles. The van der Waals surface area contributed by atoms with Crippen LogP contribution in [0.5, 0.6) is 0 Å². The molecule has 4 aromatic heterocycles. The summed E-state index contributed by atoms with van der Waals surface area (Å²) in [6.07, 6.45) is 5.31. The molecule has 0 spiro atoms. The maximum Gasteiger partial charge on any atom is 0.270 e. The normalized spacial score (nSPS) is 12.3. The van der Waals surface area contributed by atoms with E-state index in [2.05, 4.69) is 25.3 Å². The van der Waals surface area contributed by atoms with Crippen LogP contribution in [0.3, 0.4) is 0 Å². The van der Waals surface area contributed by atoms with Crippen molar-refractivity contribution >= 4 is 44.6 Å². The summed E-state index contributed by atoms with van der Waals surface area (Å²) in [7, 11) is -3.41. The Kier molecular flexibility index (Phi) is 8.39. The summed E-state index contributed by atoms with van der Waals surface area (Å²) < 4.78 is 26.5. The molecule has 4 N–H and O–H groups in total. The lowest BCUT2D eigenvalue weighted by Gasteiger charge is -2.14. The Bertz CT molecular complexity index is 1530. The number of nitrogens with zero attached hydrogens (tertiary/aromatic N) is 3. The Balaban J connectivity index is 1.55. The van der Waals surface area contributed by atoms with Crippen LogP contribution in [0.4, 0.5) is 5.82 Å². The SMILES string of the molecule is CC[C@@H](CO)NC(=O)c1c(-c2ccsc2)nc2c(C(=O)NCCc3ccc(NS(C)(=O)=O)nc3)cccn12. The fourth-order valence-corrected chi connectivity index (χ4v) is 4.97. The number of amides is 2. The van der Waals surface area contributed by atoms with E-state index in [-0.39, 0.29) is 24.0 Å². The maximum absolute atomic E-state index is 13.3. The van der Waals surface area contributed by atoms with E-state index in [1.165, 1.54) is 11.3 Å². The van der Waals surface area contributed by atoms with Gasteiger partial charge in [0.05, 0.1) is 24.5 Å². The number of carbonyl (C=O) groups excluding carboxylic acids is 2. The zero-order valence-corrected chi connectivity index (χ0v) is 22.5. The third-order valence-corrected chi connectivity index (χ3v) is 7.03. The minimum absolute atomic E-state index is 0.188. The fraction of sp³-hybridized carbons (Fsp3) is 0.280.